The molecule has 0 atom stereocenters. The Balaban J connectivity index is 2.16. The Hall–Kier alpha value is 0.137. The molecule has 0 N–H and O–H groups in total. The quantitative estimate of drug-likeness (QED) is 0.677. The predicted octanol–water partition coefficient (Wildman–Crippen LogP) is 4.08. The minimum atomic E-state index is -1.41. The zero-order valence-electron chi connectivity index (χ0n) is 12.2. The van der Waals surface area contributed by atoms with Crippen molar-refractivity contribution in [3.05, 3.63) is 0 Å². The number of ether oxygens (including phenoxy) is 2. The topological polar surface area (TPSA) is 18.5 Å². The fourth-order valence-electron chi connectivity index (χ4n) is 4.56. The van der Waals surface area contributed by atoms with Crippen LogP contribution in [0.15, 0.2) is 0 Å². The number of rotatable bonds is 6. The molecule has 0 bridgehead atoms. The highest BCUT2D eigenvalue weighted by Gasteiger charge is 2.48. The summed E-state index contributed by atoms with van der Waals surface area (Å²) in [5, 5.41) is 0. The summed E-state index contributed by atoms with van der Waals surface area (Å²) in [4.78, 5) is 0. The van der Waals surface area contributed by atoms with Crippen LogP contribution in [0.3, 0.4) is 0 Å². The highest BCUT2D eigenvalue weighted by Crippen LogP contribution is 2.49. The van der Waals surface area contributed by atoms with Gasteiger partial charge < -0.3 is 9.47 Å². The molecule has 0 amide bonds. The largest absolute Gasteiger partial charge is 0.388 e. The zero-order valence-corrected chi connectivity index (χ0v) is 13.2. The Kier molecular flexibility index (Phi) is 5.71. The molecule has 0 aromatic heterocycles. The van der Waals surface area contributed by atoms with Gasteiger partial charge in [0.1, 0.15) is 8.07 Å². The first-order valence-corrected chi connectivity index (χ1v) is 10.4. The molecule has 2 fully saturated rings. The van der Waals surface area contributed by atoms with Gasteiger partial charge in [-0.05, 0) is 11.1 Å². The summed E-state index contributed by atoms with van der Waals surface area (Å²) in [6, 6.07) is 0. The molecule has 0 aromatic carbocycles. The lowest BCUT2D eigenvalue weighted by atomic mass is 10.0. The van der Waals surface area contributed by atoms with Gasteiger partial charge >= 0.3 is 0 Å². The minimum absolute atomic E-state index is 0.967. The van der Waals surface area contributed by atoms with Gasteiger partial charge in [0.05, 0.1) is 0 Å². The summed E-state index contributed by atoms with van der Waals surface area (Å²) in [7, 11) is 2.39. The van der Waals surface area contributed by atoms with Gasteiger partial charge in [0.2, 0.25) is 0 Å². The van der Waals surface area contributed by atoms with E-state index >= 15 is 0 Å². The van der Waals surface area contributed by atoms with E-state index in [1.54, 1.807) is 0 Å². The van der Waals surface area contributed by atoms with Gasteiger partial charge in [-0.3, -0.25) is 0 Å². The number of hydrogen-bond acceptors (Lipinski definition) is 2. The Morgan fingerprint density at radius 1 is 0.722 bits per heavy atom. The Labute approximate surface area is 113 Å². The molecule has 0 saturated heterocycles. The van der Waals surface area contributed by atoms with E-state index in [4.69, 9.17) is 9.47 Å². The molecule has 2 nitrogen and oxygen atoms in total. The summed E-state index contributed by atoms with van der Waals surface area (Å²) in [5.74, 6) is 0. The van der Waals surface area contributed by atoms with Crippen molar-refractivity contribution in [2.75, 3.05) is 26.7 Å². The molecule has 106 valence electrons. The number of methoxy groups -OCH3 is 2. The smallest absolute Gasteiger partial charge is 0.119 e. The molecule has 18 heavy (non-hydrogen) atoms. The molecule has 0 aliphatic heterocycles. The first-order valence-electron chi connectivity index (χ1n) is 7.81. The van der Waals surface area contributed by atoms with Crippen molar-refractivity contribution in [3.63, 3.8) is 0 Å². The normalized spacial score (nSPS) is 23.7. The van der Waals surface area contributed by atoms with E-state index in [1.165, 1.54) is 57.8 Å². The average Bonchev–Trinajstić information content (AvgIpc) is 2.94. The fraction of sp³-hybridized carbons (Fsp3) is 1.00. The van der Waals surface area contributed by atoms with E-state index in [1.807, 2.05) is 14.2 Å². The van der Waals surface area contributed by atoms with Gasteiger partial charge in [0.15, 0.2) is 0 Å². The molecule has 0 spiro atoms. The Morgan fingerprint density at radius 2 is 1.11 bits per heavy atom. The molecule has 2 aliphatic rings. The molecule has 0 heterocycles. The highest BCUT2D eigenvalue weighted by atomic mass is 28.3. The maximum atomic E-state index is 5.71. The standard InChI is InChI=1S/C15H30O2Si/c1-16-12-18(13-17-2,15-10-6-7-11-15)14-8-4-3-5-9-14/h14-15H,3-13H2,1-2H3. The van der Waals surface area contributed by atoms with Crippen molar-refractivity contribution >= 4 is 8.07 Å². The van der Waals surface area contributed by atoms with Crippen LogP contribution < -0.4 is 0 Å². The van der Waals surface area contributed by atoms with Crippen molar-refractivity contribution in [1.29, 1.82) is 0 Å². The molecule has 0 aromatic rings. The molecule has 0 unspecified atom stereocenters. The highest BCUT2D eigenvalue weighted by molar-refractivity contribution is 6.82. The van der Waals surface area contributed by atoms with Gasteiger partial charge in [0, 0.05) is 26.7 Å². The van der Waals surface area contributed by atoms with Crippen LogP contribution in [0.2, 0.25) is 11.1 Å². The van der Waals surface area contributed by atoms with Crippen LogP contribution in [0, 0.1) is 0 Å². The average molecular weight is 270 g/mol. The van der Waals surface area contributed by atoms with E-state index < -0.39 is 8.07 Å². The second-order valence-corrected chi connectivity index (χ2v) is 11.1. The maximum absolute atomic E-state index is 5.71. The molecular weight excluding hydrogens is 240 g/mol. The van der Waals surface area contributed by atoms with Crippen LogP contribution >= 0.6 is 0 Å². The molecule has 0 radical (unpaired) electrons. The lowest BCUT2D eigenvalue weighted by Gasteiger charge is -2.44. The summed E-state index contributed by atoms with van der Waals surface area (Å²) in [6.07, 6.45) is 15.1. The van der Waals surface area contributed by atoms with Gasteiger partial charge in [-0.15, -0.1) is 0 Å². The predicted molar refractivity (Wildman–Crippen MR) is 78.6 cm³/mol. The fourth-order valence-corrected chi connectivity index (χ4v) is 10.4. The van der Waals surface area contributed by atoms with Crippen LogP contribution in [-0.4, -0.2) is 34.8 Å². The van der Waals surface area contributed by atoms with Crippen molar-refractivity contribution in [3.8, 4) is 0 Å². The van der Waals surface area contributed by atoms with E-state index in [2.05, 4.69) is 0 Å². The van der Waals surface area contributed by atoms with Gasteiger partial charge in [-0.25, -0.2) is 0 Å². The molecular formula is C15H30O2Si. The Morgan fingerprint density at radius 3 is 1.50 bits per heavy atom. The van der Waals surface area contributed by atoms with E-state index in [-0.39, 0.29) is 0 Å². The Bertz CT molecular complexity index is 227. The molecule has 2 rings (SSSR count). The van der Waals surface area contributed by atoms with Gasteiger partial charge in [-0.1, -0.05) is 57.8 Å². The first-order chi connectivity index (χ1) is 8.83. The van der Waals surface area contributed by atoms with Crippen LogP contribution in [0.1, 0.15) is 57.8 Å². The molecule has 3 heteroatoms. The molecule has 2 aliphatic carbocycles. The zero-order chi connectivity index (χ0) is 12.8. The van der Waals surface area contributed by atoms with Gasteiger partial charge in [-0.2, -0.15) is 0 Å². The second-order valence-electron chi connectivity index (χ2n) is 6.42. The lowest BCUT2D eigenvalue weighted by Crippen LogP contribution is -2.53. The van der Waals surface area contributed by atoms with Crippen molar-refractivity contribution in [2.45, 2.75) is 68.9 Å². The van der Waals surface area contributed by atoms with Crippen molar-refractivity contribution in [1.82, 2.24) is 0 Å². The number of hydrogen-bond donors (Lipinski definition) is 0. The maximum Gasteiger partial charge on any atom is 0.119 e. The SMILES string of the molecule is COC[Si](COC)(C1CCCCC1)C1CCCC1. The van der Waals surface area contributed by atoms with E-state index in [0.29, 0.717) is 0 Å². The summed E-state index contributed by atoms with van der Waals surface area (Å²) < 4.78 is 11.4. The lowest BCUT2D eigenvalue weighted by molar-refractivity contribution is 0.206. The molecule has 2 saturated carbocycles. The van der Waals surface area contributed by atoms with Crippen molar-refractivity contribution < 1.29 is 9.47 Å². The van der Waals surface area contributed by atoms with Gasteiger partial charge in [0.25, 0.3) is 0 Å². The third kappa shape index (κ3) is 2.99. The van der Waals surface area contributed by atoms with Crippen LogP contribution in [0.4, 0.5) is 0 Å². The van der Waals surface area contributed by atoms with Crippen LogP contribution in [0.25, 0.3) is 0 Å². The minimum Gasteiger partial charge on any atom is -0.388 e. The third-order valence-electron chi connectivity index (χ3n) is 5.41. The van der Waals surface area contributed by atoms with Crippen LogP contribution in [0.5, 0.6) is 0 Å². The van der Waals surface area contributed by atoms with Crippen molar-refractivity contribution in [2.24, 2.45) is 0 Å². The first kappa shape index (κ1) is 14.5. The van der Waals surface area contributed by atoms with Crippen LogP contribution in [-0.2, 0) is 9.47 Å². The monoisotopic (exact) mass is 270 g/mol. The van der Waals surface area contributed by atoms with E-state index in [0.717, 1.165) is 23.5 Å². The summed E-state index contributed by atoms with van der Waals surface area (Å²) in [6.45, 7) is 0. The third-order valence-corrected chi connectivity index (χ3v) is 11.5. The van der Waals surface area contributed by atoms with E-state index in [9.17, 15) is 0 Å². The summed E-state index contributed by atoms with van der Waals surface area (Å²) >= 11 is 0. The summed E-state index contributed by atoms with van der Waals surface area (Å²) in [5.41, 5.74) is 1.94. The second kappa shape index (κ2) is 7.06.